The van der Waals surface area contributed by atoms with Gasteiger partial charge in [0.05, 0.1) is 5.69 Å². The Bertz CT molecular complexity index is 149. The molecule has 0 aliphatic heterocycles. The molecule has 2 nitrogen and oxygen atoms in total. The first-order chi connectivity index (χ1) is 3.79. The van der Waals surface area contributed by atoms with Gasteiger partial charge in [-0.1, -0.05) is 0 Å². The third-order valence-electron chi connectivity index (χ3n) is 0.687. The molecule has 0 saturated heterocycles. The molecule has 1 radical (unpaired) electrons. The minimum absolute atomic E-state index is 0.688. The molecular formula is C5H4BrN2. The molecule has 0 aliphatic rings. The minimum atomic E-state index is 0.688. The molecule has 41 valence electrons. The van der Waals surface area contributed by atoms with Crippen molar-refractivity contribution in [2.24, 2.45) is 0 Å². The van der Waals surface area contributed by atoms with Crippen LogP contribution in [0.3, 0.4) is 0 Å². The fourth-order valence-corrected chi connectivity index (χ4v) is 0.555. The van der Waals surface area contributed by atoms with Crippen LogP contribution in [0.4, 0.5) is 0 Å². The molecule has 0 saturated carbocycles. The lowest BCUT2D eigenvalue weighted by Gasteiger charge is -1.86. The summed E-state index contributed by atoms with van der Waals surface area (Å²) in [6, 6.07) is 3.59. The van der Waals surface area contributed by atoms with Crippen molar-refractivity contribution < 1.29 is 0 Å². The second kappa shape index (κ2) is 2.22. The van der Waals surface area contributed by atoms with E-state index < -0.39 is 0 Å². The molecule has 0 N–H and O–H groups in total. The van der Waals surface area contributed by atoms with Crippen LogP contribution in [0.2, 0.25) is 0 Å². The van der Waals surface area contributed by atoms with Gasteiger partial charge in [0.2, 0.25) is 0 Å². The molecule has 0 amide bonds. The average molecular weight is 172 g/mol. The van der Waals surface area contributed by atoms with Crippen LogP contribution in [0.1, 0.15) is 5.69 Å². The third kappa shape index (κ3) is 1.26. The Balaban J connectivity index is 3.03. The maximum Gasteiger partial charge on any atom is 0.128 e. The Kier molecular flexibility index (Phi) is 1.58. The molecule has 8 heavy (non-hydrogen) atoms. The summed E-state index contributed by atoms with van der Waals surface area (Å²) in [6.07, 6.45) is 0. The first-order valence-corrected chi connectivity index (χ1v) is 2.89. The molecule has 3 heteroatoms. The number of halogens is 1. The lowest BCUT2D eigenvalue weighted by atomic mass is 10.4. The smallest absolute Gasteiger partial charge is 0.128 e. The van der Waals surface area contributed by atoms with Crippen LogP contribution >= 0.6 is 15.9 Å². The maximum atomic E-state index is 3.68. The van der Waals surface area contributed by atoms with E-state index in [1.165, 1.54) is 0 Å². The van der Waals surface area contributed by atoms with Gasteiger partial charge >= 0.3 is 0 Å². The summed E-state index contributed by atoms with van der Waals surface area (Å²) in [5.74, 6) is 0. The molecule has 1 heterocycles. The highest BCUT2D eigenvalue weighted by molar-refractivity contribution is 9.10. The minimum Gasteiger partial charge on any atom is -0.155 e. The largest absolute Gasteiger partial charge is 0.155 e. The van der Waals surface area contributed by atoms with E-state index in [1.54, 1.807) is 12.1 Å². The van der Waals surface area contributed by atoms with Crippen LogP contribution < -0.4 is 0 Å². The van der Waals surface area contributed by atoms with E-state index in [0.29, 0.717) is 5.69 Å². The Labute approximate surface area is 56.1 Å². The summed E-state index contributed by atoms with van der Waals surface area (Å²) in [7, 11) is 0. The van der Waals surface area contributed by atoms with E-state index in [0.717, 1.165) is 4.60 Å². The number of aromatic nitrogens is 2. The molecule has 0 spiro atoms. The molecule has 0 bridgehead atoms. The lowest BCUT2D eigenvalue weighted by molar-refractivity contribution is 0.982. The average Bonchev–Trinajstić information content (AvgIpc) is 1.77. The fraction of sp³-hybridized carbons (Fsp3) is 0. The third-order valence-corrected chi connectivity index (χ3v) is 1.11. The number of hydrogen-bond donors (Lipinski definition) is 0. The van der Waals surface area contributed by atoms with E-state index in [9.17, 15) is 0 Å². The highest BCUT2D eigenvalue weighted by Gasteiger charge is 1.84. The van der Waals surface area contributed by atoms with Gasteiger partial charge in [-0.3, -0.25) is 0 Å². The molecule has 1 aromatic rings. The van der Waals surface area contributed by atoms with Crippen molar-refractivity contribution in [3.63, 3.8) is 0 Å². The molecule has 0 atom stereocenters. The van der Waals surface area contributed by atoms with Crippen LogP contribution in [0.15, 0.2) is 16.7 Å². The van der Waals surface area contributed by atoms with E-state index in [4.69, 9.17) is 0 Å². The Morgan fingerprint density at radius 2 is 2.12 bits per heavy atom. The molecular weight excluding hydrogens is 168 g/mol. The van der Waals surface area contributed by atoms with Gasteiger partial charge in [0.1, 0.15) is 4.60 Å². The van der Waals surface area contributed by atoms with Gasteiger partial charge in [0.15, 0.2) is 0 Å². The first-order valence-electron chi connectivity index (χ1n) is 2.10. The summed E-state index contributed by atoms with van der Waals surface area (Å²) < 4.78 is 0.741. The highest BCUT2D eigenvalue weighted by atomic mass is 79.9. The van der Waals surface area contributed by atoms with Crippen molar-refractivity contribution in [3.05, 3.63) is 29.4 Å². The predicted molar refractivity (Wildman–Crippen MR) is 34.2 cm³/mol. The van der Waals surface area contributed by atoms with Crippen molar-refractivity contribution in [1.82, 2.24) is 10.2 Å². The van der Waals surface area contributed by atoms with Gasteiger partial charge in [-0.2, -0.15) is 5.10 Å². The second-order valence-electron chi connectivity index (χ2n) is 1.35. The van der Waals surface area contributed by atoms with E-state index in [-0.39, 0.29) is 0 Å². The predicted octanol–water partition coefficient (Wildman–Crippen LogP) is 1.42. The summed E-state index contributed by atoms with van der Waals surface area (Å²) in [4.78, 5) is 0. The van der Waals surface area contributed by atoms with Gasteiger partial charge in [-0.25, -0.2) is 0 Å². The fourth-order valence-electron chi connectivity index (χ4n) is 0.344. The SMILES string of the molecule is [CH2]c1ccc(Br)nn1. The van der Waals surface area contributed by atoms with Crippen molar-refractivity contribution >= 4 is 15.9 Å². The quantitative estimate of drug-likeness (QED) is 0.591. The zero-order valence-corrected chi connectivity index (χ0v) is 5.72. The summed E-state index contributed by atoms with van der Waals surface area (Å²) in [5, 5.41) is 7.35. The maximum absolute atomic E-state index is 3.68. The van der Waals surface area contributed by atoms with Crippen molar-refractivity contribution in [2.75, 3.05) is 0 Å². The number of nitrogens with zero attached hydrogens (tertiary/aromatic N) is 2. The molecule has 1 rings (SSSR count). The normalized spacial score (nSPS) is 9.25. The zero-order valence-electron chi connectivity index (χ0n) is 4.13. The zero-order chi connectivity index (χ0) is 5.98. The monoisotopic (exact) mass is 171 g/mol. The standard InChI is InChI=1S/C5H4BrN2/c1-4-2-3-5(6)8-7-4/h2-3H,1H2. The van der Waals surface area contributed by atoms with E-state index >= 15 is 0 Å². The Hall–Kier alpha value is -0.440. The number of rotatable bonds is 0. The van der Waals surface area contributed by atoms with Crippen LogP contribution in [-0.2, 0) is 0 Å². The van der Waals surface area contributed by atoms with Gasteiger partial charge in [-0.15, -0.1) is 5.10 Å². The summed E-state index contributed by atoms with van der Waals surface area (Å²) in [5.41, 5.74) is 0.688. The molecule has 0 aromatic carbocycles. The Morgan fingerprint density at radius 1 is 1.38 bits per heavy atom. The molecule has 0 fully saturated rings. The van der Waals surface area contributed by atoms with Crippen LogP contribution in [-0.4, -0.2) is 10.2 Å². The van der Waals surface area contributed by atoms with Gasteiger partial charge in [0, 0.05) is 0 Å². The molecule has 1 aromatic heterocycles. The van der Waals surface area contributed by atoms with Crippen molar-refractivity contribution in [3.8, 4) is 0 Å². The van der Waals surface area contributed by atoms with Gasteiger partial charge in [0.25, 0.3) is 0 Å². The van der Waals surface area contributed by atoms with E-state index in [1.807, 2.05) is 0 Å². The highest BCUT2D eigenvalue weighted by Crippen LogP contribution is 2.01. The lowest BCUT2D eigenvalue weighted by Crippen LogP contribution is -1.83. The Morgan fingerprint density at radius 3 is 2.50 bits per heavy atom. The van der Waals surface area contributed by atoms with Crippen LogP contribution in [0.5, 0.6) is 0 Å². The summed E-state index contributed by atoms with van der Waals surface area (Å²) in [6.45, 7) is 3.57. The second-order valence-corrected chi connectivity index (χ2v) is 2.16. The van der Waals surface area contributed by atoms with E-state index in [2.05, 4.69) is 33.1 Å². The van der Waals surface area contributed by atoms with Crippen LogP contribution in [0.25, 0.3) is 0 Å². The molecule has 0 aliphatic carbocycles. The first kappa shape index (κ1) is 5.69. The van der Waals surface area contributed by atoms with Gasteiger partial charge < -0.3 is 0 Å². The molecule has 0 unspecified atom stereocenters. The van der Waals surface area contributed by atoms with Crippen LogP contribution in [0, 0.1) is 6.92 Å². The van der Waals surface area contributed by atoms with Crippen molar-refractivity contribution in [2.45, 2.75) is 0 Å². The van der Waals surface area contributed by atoms with Crippen molar-refractivity contribution in [1.29, 1.82) is 0 Å². The topological polar surface area (TPSA) is 25.8 Å². The van der Waals surface area contributed by atoms with Gasteiger partial charge in [-0.05, 0) is 35.0 Å². The number of hydrogen-bond acceptors (Lipinski definition) is 2. The summed E-state index contributed by atoms with van der Waals surface area (Å²) >= 11 is 3.14.